The molecule has 2 nitrogen and oxygen atoms in total. The van der Waals surface area contributed by atoms with E-state index in [2.05, 4.69) is 29.8 Å². The van der Waals surface area contributed by atoms with E-state index in [9.17, 15) is 4.79 Å². The summed E-state index contributed by atoms with van der Waals surface area (Å²) in [4.78, 5) is 14.7. The Morgan fingerprint density at radius 1 is 1.33 bits per heavy atom. The Morgan fingerprint density at radius 2 is 2.06 bits per heavy atom. The van der Waals surface area contributed by atoms with Gasteiger partial charge in [-0.25, -0.2) is 0 Å². The predicted octanol–water partition coefficient (Wildman–Crippen LogP) is 4.02. The number of hydrogen-bond acceptors (Lipinski definition) is 1. The van der Waals surface area contributed by atoms with Gasteiger partial charge in [0.25, 0.3) is 5.91 Å². The molecule has 1 aromatic rings. The summed E-state index contributed by atoms with van der Waals surface area (Å²) in [5.74, 6) is 0.783. The molecular weight excluding hydrogens is 290 g/mol. The van der Waals surface area contributed by atoms with Crippen molar-refractivity contribution in [1.29, 1.82) is 0 Å². The van der Waals surface area contributed by atoms with E-state index in [-0.39, 0.29) is 5.91 Å². The van der Waals surface area contributed by atoms with Gasteiger partial charge in [0.15, 0.2) is 0 Å². The first-order valence-corrected chi connectivity index (χ1v) is 7.35. The number of rotatable bonds is 1. The van der Waals surface area contributed by atoms with E-state index >= 15 is 0 Å². The zero-order chi connectivity index (χ0) is 13.3. The number of carbonyl (C=O) groups excluding carboxylic acids is 1. The van der Waals surface area contributed by atoms with Gasteiger partial charge in [-0.3, -0.25) is 4.79 Å². The van der Waals surface area contributed by atoms with E-state index in [0.29, 0.717) is 12.0 Å². The third-order valence-corrected chi connectivity index (χ3v) is 4.30. The number of halogens is 1. The molecule has 0 aliphatic carbocycles. The van der Waals surface area contributed by atoms with Gasteiger partial charge in [0, 0.05) is 22.6 Å². The largest absolute Gasteiger partial charge is 0.336 e. The lowest BCUT2D eigenvalue weighted by Crippen LogP contribution is -2.45. The normalized spacial score (nSPS) is 24.1. The molecule has 0 N–H and O–H groups in total. The molecule has 1 aliphatic rings. The van der Waals surface area contributed by atoms with Crippen LogP contribution in [0.4, 0.5) is 0 Å². The Bertz CT molecular complexity index is 458. The highest BCUT2D eigenvalue weighted by molar-refractivity contribution is 9.10. The van der Waals surface area contributed by atoms with Gasteiger partial charge in [-0.1, -0.05) is 28.9 Å². The minimum Gasteiger partial charge on any atom is -0.336 e. The second kappa shape index (κ2) is 5.43. The first kappa shape index (κ1) is 13.6. The first-order valence-electron chi connectivity index (χ1n) is 6.56. The van der Waals surface area contributed by atoms with Crippen LogP contribution in [0.25, 0.3) is 0 Å². The highest BCUT2D eigenvalue weighted by Gasteiger charge is 2.28. The SMILES string of the molecule is Cc1ccc(Br)cc1C(=O)N1CC(C)CCC1C. The van der Waals surface area contributed by atoms with Gasteiger partial charge >= 0.3 is 0 Å². The summed E-state index contributed by atoms with van der Waals surface area (Å²) < 4.78 is 0.967. The number of benzene rings is 1. The Balaban J connectivity index is 2.27. The van der Waals surface area contributed by atoms with Crippen LogP contribution in [0.15, 0.2) is 22.7 Å². The van der Waals surface area contributed by atoms with Gasteiger partial charge in [-0.05, 0) is 50.3 Å². The maximum Gasteiger partial charge on any atom is 0.254 e. The molecule has 2 unspecified atom stereocenters. The minimum atomic E-state index is 0.174. The average molecular weight is 310 g/mol. The molecule has 1 amide bonds. The van der Waals surface area contributed by atoms with Gasteiger partial charge in [0.1, 0.15) is 0 Å². The van der Waals surface area contributed by atoms with Crippen LogP contribution in [-0.4, -0.2) is 23.4 Å². The lowest BCUT2D eigenvalue weighted by molar-refractivity contribution is 0.0573. The van der Waals surface area contributed by atoms with Crippen LogP contribution in [-0.2, 0) is 0 Å². The number of hydrogen-bond donors (Lipinski definition) is 0. The molecule has 1 saturated heterocycles. The molecule has 18 heavy (non-hydrogen) atoms. The molecule has 98 valence electrons. The molecule has 1 aromatic carbocycles. The topological polar surface area (TPSA) is 20.3 Å². The summed E-state index contributed by atoms with van der Waals surface area (Å²) in [6.07, 6.45) is 2.34. The number of nitrogens with zero attached hydrogens (tertiary/aromatic N) is 1. The lowest BCUT2D eigenvalue weighted by atomic mass is 9.94. The van der Waals surface area contributed by atoms with E-state index in [1.165, 1.54) is 6.42 Å². The van der Waals surface area contributed by atoms with Crippen LogP contribution in [0.1, 0.15) is 42.6 Å². The van der Waals surface area contributed by atoms with Gasteiger partial charge < -0.3 is 4.90 Å². The third-order valence-electron chi connectivity index (χ3n) is 3.81. The molecule has 0 spiro atoms. The quantitative estimate of drug-likeness (QED) is 0.767. The fraction of sp³-hybridized carbons (Fsp3) is 0.533. The van der Waals surface area contributed by atoms with Crippen molar-refractivity contribution < 1.29 is 4.79 Å². The van der Waals surface area contributed by atoms with Crippen molar-refractivity contribution in [3.8, 4) is 0 Å². The smallest absolute Gasteiger partial charge is 0.254 e. The molecule has 1 fully saturated rings. The second-order valence-electron chi connectivity index (χ2n) is 5.45. The highest BCUT2D eigenvalue weighted by Crippen LogP contribution is 2.25. The molecular formula is C15H20BrNO. The Kier molecular flexibility index (Phi) is 4.10. The number of aryl methyl sites for hydroxylation is 1. The van der Waals surface area contributed by atoms with Crippen molar-refractivity contribution in [1.82, 2.24) is 4.90 Å². The molecule has 3 heteroatoms. The van der Waals surface area contributed by atoms with Gasteiger partial charge in [0.2, 0.25) is 0 Å². The molecule has 2 rings (SSSR count). The van der Waals surface area contributed by atoms with Crippen LogP contribution in [0.3, 0.4) is 0 Å². The van der Waals surface area contributed by atoms with Gasteiger partial charge in [-0.15, -0.1) is 0 Å². The molecule has 0 bridgehead atoms. The number of carbonyl (C=O) groups is 1. The average Bonchev–Trinajstić information content (AvgIpc) is 2.34. The molecule has 0 radical (unpaired) electrons. The minimum absolute atomic E-state index is 0.174. The number of likely N-dealkylation sites (tertiary alicyclic amines) is 1. The van der Waals surface area contributed by atoms with Crippen molar-refractivity contribution in [2.45, 2.75) is 39.7 Å². The molecule has 2 atom stereocenters. The summed E-state index contributed by atoms with van der Waals surface area (Å²) >= 11 is 3.44. The van der Waals surface area contributed by atoms with Crippen LogP contribution in [0.5, 0.6) is 0 Å². The van der Waals surface area contributed by atoms with Crippen molar-refractivity contribution in [2.24, 2.45) is 5.92 Å². The molecule has 0 saturated carbocycles. The highest BCUT2D eigenvalue weighted by atomic mass is 79.9. The summed E-state index contributed by atoms with van der Waals surface area (Å²) in [5, 5.41) is 0. The Morgan fingerprint density at radius 3 is 2.78 bits per heavy atom. The molecule has 1 heterocycles. The maximum absolute atomic E-state index is 12.6. The number of piperidine rings is 1. The van der Waals surface area contributed by atoms with E-state index in [1.807, 2.05) is 30.0 Å². The Hall–Kier alpha value is -0.830. The van der Waals surface area contributed by atoms with E-state index < -0.39 is 0 Å². The molecule has 0 aromatic heterocycles. The maximum atomic E-state index is 12.6. The summed E-state index contributed by atoms with van der Waals surface area (Å²) in [7, 11) is 0. The summed E-state index contributed by atoms with van der Waals surface area (Å²) in [6.45, 7) is 7.25. The van der Waals surface area contributed by atoms with Crippen LogP contribution < -0.4 is 0 Å². The Labute approximate surface area is 117 Å². The lowest BCUT2D eigenvalue weighted by Gasteiger charge is -2.37. The third kappa shape index (κ3) is 2.77. The van der Waals surface area contributed by atoms with E-state index in [0.717, 1.165) is 28.6 Å². The predicted molar refractivity (Wildman–Crippen MR) is 77.8 cm³/mol. The van der Waals surface area contributed by atoms with Crippen molar-refractivity contribution >= 4 is 21.8 Å². The fourth-order valence-corrected chi connectivity index (χ4v) is 2.91. The van der Waals surface area contributed by atoms with Crippen LogP contribution >= 0.6 is 15.9 Å². The molecule has 1 aliphatic heterocycles. The van der Waals surface area contributed by atoms with Crippen LogP contribution in [0.2, 0.25) is 0 Å². The second-order valence-corrected chi connectivity index (χ2v) is 6.36. The summed E-state index contributed by atoms with van der Waals surface area (Å²) in [5.41, 5.74) is 1.87. The summed E-state index contributed by atoms with van der Waals surface area (Å²) in [6, 6.07) is 6.26. The fourth-order valence-electron chi connectivity index (χ4n) is 2.55. The monoisotopic (exact) mass is 309 g/mol. The first-order chi connectivity index (χ1) is 8.49. The van der Waals surface area contributed by atoms with E-state index in [1.54, 1.807) is 0 Å². The van der Waals surface area contributed by atoms with Crippen LogP contribution in [0, 0.1) is 12.8 Å². The van der Waals surface area contributed by atoms with Crippen molar-refractivity contribution in [3.63, 3.8) is 0 Å². The van der Waals surface area contributed by atoms with Gasteiger partial charge in [0.05, 0.1) is 0 Å². The zero-order valence-corrected chi connectivity index (χ0v) is 12.8. The van der Waals surface area contributed by atoms with E-state index in [4.69, 9.17) is 0 Å². The van der Waals surface area contributed by atoms with Gasteiger partial charge in [-0.2, -0.15) is 0 Å². The standard InChI is InChI=1S/C15H20BrNO/c1-10-4-6-12(3)17(9-10)15(18)14-8-13(16)7-5-11(14)2/h5,7-8,10,12H,4,6,9H2,1-3H3. The van der Waals surface area contributed by atoms with Crippen molar-refractivity contribution in [2.75, 3.05) is 6.54 Å². The number of amides is 1. The van der Waals surface area contributed by atoms with Crippen molar-refractivity contribution in [3.05, 3.63) is 33.8 Å². The zero-order valence-electron chi connectivity index (χ0n) is 11.2.